The van der Waals surface area contributed by atoms with Gasteiger partial charge in [-0.15, -0.1) is 11.3 Å². The Kier molecular flexibility index (Phi) is 6.88. The van der Waals surface area contributed by atoms with Gasteiger partial charge in [0.25, 0.3) is 0 Å². The number of Topliss-reactive ketones (excluding diaryl/α,β-unsaturated/α-hetero) is 2. The number of carbonyl (C=O) groups excluding carboxylic acids is 2. The van der Waals surface area contributed by atoms with Gasteiger partial charge in [-0.25, -0.2) is 4.79 Å². The Morgan fingerprint density at radius 3 is 2.11 bits per heavy atom. The number of rotatable bonds is 6. The van der Waals surface area contributed by atoms with Crippen molar-refractivity contribution in [2.24, 2.45) is 0 Å². The standard InChI is InChI=1S/C40H29NO4S/c42-37-32(38(43)39-33(37)23-36(46-39)40(44)45)22-25-16-19-35-31(21-25)29-12-7-13-34(29)41(35)28-17-14-24(15-18-28)20-30(26-8-3-1-4-9-26)27-10-5-2-6-11-27/h1-6,8-11,14-23,29,34H,7,12-13H2,(H,44,45). The Labute approximate surface area is 270 Å². The zero-order valence-electron chi connectivity index (χ0n) is 24.9. The van der Waals surface area contributed by atoms with Crippen molar-refractivity contribution in [3.63, 3.8) is 0 Å². The molecular weight excluding hydrogens is 591 g/mol. The monoisotopic (exact) mass is 619 g/mol. The van der Waals surface area contributed by atoms with Gasteiger partial charge in [-0.2, -0.15) is 0 Å². The highest BCUT2D eigenvalue weighted by Crippen LogP contribution is 2.52. The van der Waals surface area contributed by atoms with Crippen molar-refractivity contribution in [3.05, 3.63) is 158 Å². The van der Waals surface area contributed by atoms with E-state index in [1.165, 1.54) is 34.0 Å². The number of carbonyl (C=O) groups is 3. The summed E-state index contributed by atoms with van der Waals surface area (Å²) >= 11 is 0.867. The summed E-state index contributed by atoms with van der Waals surface area (Å²) in [7, 11) is 0. The van der Waals surface area contributed by atoms with Crippen molar-refractivity contribution >= 4 is 58.0 Å². The third-order valence-electron chi connectivity index (χ3n) is 9.37. The van der Waals surface area contributed by atoms with Crippen LogP contribution in [0, 0.1) is 0 Å². The van der Waals surface area contributed by atoms with Crippen LogP contribution in [-0.4, -0.2) is 28.7 Å². The van der Waals surface area contributed by atoms with Crippen LogP contribution in [-0.2, 0) is 0 Å². The number of thiophene rings is 1. The number of ketones is 2. The van der Waals surface area contributed by atoms with Gasteiger partial charge in [0, 0.05) is 28.9 Å². The minimum Gasteiger partial charge on any atom is -0.477 e. The molecule has 8 rings (SSSR count). The van der Waals surface area contributed by atoms with Gasteiger partial charge in [-0.1, -0.05) is 85.3 Å². The molecular formula is C40H29NO4S. The lowest BCUT2D eigenvalue weighted by atomic mass is 9.95. The molecule has 0 bridgehead atoms. The molecule has 2 heterocycles. The van der Waals surface area contributed by atoms with Crippen LogP contribution in [0.1, 0.15) is 82.7 Å². The molecule has 1 N–H and O–H groups in total. The fraction of sp³-hybridized carbons (Fsp3) is 0.125. The van der Waals surface area contributed by atoms with Crippen molar-refractivity contribution < 1.29 is 19.5 Å². The van der Waals surface area contributed by atoms with Gasteiger partial charge in [0.05, 0.1) is 10.5 Å². The Morgan fingerprint density at radius 1 is 0.783 bits per heavy atom. The van der Waals surface area contributed by atoms with Crippen LogP contribution in [0.3, 0.4) is 0 Å². The molecule has 1 aliphatic heterocycles. The molecule has 224 valence electrons. The second-order valence-corrected chi connectivity index (χ2v) is 13.1. The lowest BCUT2D eigenvalue weighted by molar-refractivity contribution is 0.0702. The molecule has 1 fully saturated rings. The zero-order valence-corrected chi connectivity index (χ0v) is 25.7. The van der Waals surface area contributed by atoms with E-state index >= 15 is 0 Å². The fourth-order valence-corrected chi connectivity index (χ4v) is 8.22. The smallest absolute Gasteiger partial charge is 0.345 e. The summed E-state index contributed by atoms with van der Waals surface area (Å²) in [6, 6.07) is 37.6. The summed E-state index contributed by atoms with van der Waals surface area (Å²) in [5.74, 6) is -1.54. The molecule has 2 aliphatic carbocycles. The molecule has 0 radical (unpaired) electrons. The van der Waals surface area contributed by atoms with Crippen LogP contribution >= 0.6 is 11.3 Å². The van der Waals surface area contributed by atoms with Gasteiger partial charge in [-0.3, -0.25) is 9.59 Å². The van der Waals surface area contributed by atoms with Gasteiger partial charge in [-0.05, 0) is 88.7 Å². The van der Waals surface area contributed by atoms with Gasteiger partial charge in [0.2, 0.25) is 5.78 Å². The van der Waals surface area contributed by atoms with Crippen LogP contribution in [0.2, 0.25) is 0 Å². The van der Waals surface area contributed by atoms with Crippen LogP contribution in [0.15, 0.2) is 115 Å². The fourth-order valence-electron chi connectivity index (χ4n) is 7.27. The molecule has 2 unspecified atom stereocenters. The number of hydrogen-bond acceptors (Lipinski definition) is 5. The highest BCUT2D eigenvalue weighted by Gasteiger charge is 2.42. The van der Waals surface area contributed by atoms with Crippen LogP contribution in [0.4, 0.5) is 11.4 Å². The van der Waals surface area contributed by atoms with Gasteiger partial charge >= 0.3 is 5.97 Å². The number of nitrogens with zero attached hydrogens (tertiary/aromatic N) is 1. The third kappa shape index (κ3) is 4.73. The third-order valence-corrected chi connectivity index (χ3v) is 10.5. The minimum atomic E-state index is -1.13. The van der Waals surface area contributed by atoms with E-state index in [1.54, 1.807) is 6.08 Å². The highest BCUT2D eigenvalue weighted by atomic mass is 32.1. The average molecular weight is 620 g/mol. The molecule has 5 nitrogen and oxygen atoms in total. The van der Waals surface area contributed by atoms with E-state index in [-0.39, 0.29) is 20.9 Å². The number of anilines is 2. The largest absolute Gasteiger partial charge is 0.477 e. The van der Waals surface area contributed by atoms with E-state index in [0.717, 1.165) is 47.4 Å². The first-order chi connectivity index (χ1) is 22.5. The van der Waals surface area contributed by atoms with Crippen LogP contribution in [0.25, 0.3) is 17.7 Å². The lowest BCUT2D eigenvalue weighted by Gasteiger charge is -2.27. The quantitative estimate of drug-likeness (QED) is 0.116. The molecule has 1 saturated carbocycles. The van der Waals surface area contributed by atoms with Crippen molar-refractivity contribution in [1.29, 1.82) is 0 Å². The van der Waals surface area contributed by atoms with Crippen LogP contribution in [0.5, 0.6) is 0 Å². The first-order valence-corrected chi connectivity index (χ1v) is 16.3. The molecule has 4 aromatic carbocycles. The Bertz CT molecular complexity index is 2010. The summed E-state index contributed by atoms with van der Waals surface area (Å²) in [6.07, 6.45) is 7.27. The predicted molar refractivity (Wildman–Crippen MR) is 183 cm³/mol. The molecule has 0 spiro atoms. The van der Waals surface area contributed by atoms with E-state index in [0.29, 0.717) is 12.0 Å². The number of aromatic carboxylic acids is 1. The maximum atomic E-state index is 13.1. The molecule has 0 amide bonds. The Morgan fingerprint density at radius 2 is 1.46 bits per heavy atom. The summed E-state index contributed by atoms with van der Waals surface area (Å²) < 4.78 is 0. The minimum absolute atomic E-state index is 0.00697. The normalized spacial score (nSPS) is 18.9. The molecule has 0 saturated heterocycles. The van der Waals surface area contributed by atoms with E-state index in [9.17, 15) is 19.5 Å². The number of allylic oxidation sites excluding steroid dienone is 1. The maximum absolute atomic E-state index is 13.1. The summed E-state index contributed by atoms with van der Waals surface area (Å²) in [5, 5.41) is 9.28. The molecule has 6 heteroatoms. The zero-order chi connectivity index (χ0) is 31.4. The van der Waals surface area contributed by atoms with Crippen molar-refractivity contribution in [3.8, 4) is 0 Å². The number of carboxylic acid groups (broad SMARTS) is 1. The number of carboxylic acids is 1. The Hall–Kier alpha value is -5.33. The Balaban J connectivity index is 1.11. The van der Waals surface area contributed by atoms with Gasteiger partial charge < -0.3 is 10.0 Å². The predicted octanol–water partition coefficient (Wildman–Crippen LogP) is 9.29. The van der Waals surface area contributed by atoms with E-state index in [4.69, 9.17) is 0 Å². The van der Waals surface area contributed by atoms with E-state index in [2.05, 4.69) is 95.9 Å². The number of hydrogen-bond donors (Lipinski definition) is 1. The SMILES string of the molecule is O=C(O)c1cc2c(s1)C(=O)C(=Cc1ccc3c(c1)C1CCCC1N3c1ccc(C=C(c3ccccc3)c3ccccc3)cc1)C2=O. The van der Waals surface area contributed by atoms with Gasteiger partial charge in [0.15, 0.2) is 5.78 Å². The second-order valence-electron chi connectivity index (χ2n) is 12.0. The topological polar surface area (TPSA) is 74.7 Å². The average Bonchev–Trinajstić information content (AvgIpc) is 3.85. The van der Waals surface area contributed by atoms with Crippen molar-refractivity contribution in [2.75, 3.05) is 4.90 Å². The molecule has 2 atom stereocenters. The van der Waals surface area contributed by atoms with Crippen molar-refractivity contribution in [2.45, 2.75) is 31.2 Å². The maximum Gasteiger partial charge on any atom is 0.345 e. The molecule has 1 aromatic heterocycles. The second kappa shape index (κ2) is 11.2. The highest BCUT2D eigenvalue weighted by molar-refractivity contribution is 7.17. The first-order valence-electron chi connectivity index (χ1n) is 15.5. The summed E-state index contributed by atoms with van der Waals surface area (Å²) in [4.78, 5) is 40.2. The van der Waals surface area contributed by atoms with E-state index < -0.39 is 17.5 Å². The first kappa shape index (κ1) is 28.2. The molecule has 3 aliphatic rings. The number of fused-ring (bicyclic) bond motifs is 4. The lowest BCUT2D eigenvalue weighted by Crippen LogP contribution is -2.26. The van der Waals surface area contributed by atoms with E-state index in [1.807, 2.05) is 18.2 Å². The molecule has 46 heavy (non-hydrogen) atoms. The summed E-state index contributed by atoms with van der Waals surface area (Å²) in [6.45, 7) is 0. The van der Waals surface area contributed by atoms with Crippen LogP contribution < -0.4 is 4.90 Å². The summed E-state index contributed by atoms with van der Waals surface area (Å²) in [5.41, 5.74) is 9.33. The van der Waals surface area contributed by atoms with Gasteiger partial charge in [0.1, 0.15) is 4.88 Å². The number of benzene rings is 4. The van der Waals surface area contributed by atoms with Crippen molar-refractivity contribution in [1.82, 2.24) is 0 Å². The molecule has 5 aromatic rings.